The van der Waals surface area contributed by atoms with Crippen molar-refractivity contribution in [1.29, 1.82) is 0 Å². The van der Waals surface area contributed by atoms with E-state index in [1.807, 2.05) is 45.0 Å². The van der Waals surface area contributed by atoms with Gasteiger partial charge in [0.2, 0.25) is 0 Å². The molecule has 0 fully saturated rings. The second-order valence-electron chi connectivity index (χ2n) is 6.68. The van der Waals surface area contributed by atoms with Crippen LogP contribution in [0.3, 0.4) is 0 Å². The molecule has 0 aromatic heterocycles. The van der Waals surface area contributed by atoms with Crippen molar-refractivity contribution in [2.75, 3.05) is 26.9 Å². The number of carbonyl (C=O) groups is 2. The molecule has 6 heteroatoms. The van der Waals surface area contributed by atoms with Gasteiger partial charge in [-0.3, -0.25) is 9.59 Å². The van der Waals surface area contributed by atoms with Crippen LogP contribution in [0.2, 0.25) is 0 Å². The Morgan fingerprint density at radius 1 is 1.35 bits per heavy atom. The molecular weight excluding hydrogens is 334 g/mol. The molecule has 1 unspecified atom stereocenters. The largest absolute Gasteiger partial charge is 0.503 e. The minimum Gasteiger partial charge on any atom is -0.503 e. The zero-order chi connectivity index (χ0) is 19.3. The third-order valence-electron chi connectivity index (χ3n) is 4.22. The average molecular weight is 361 g/mol. The van der Waals surface area contributed by atoms with Crippen LogP contribution >= 0.6 is 0 Å². The molecule has 1 aliphatic rings. The summed E-state index contributed by atoms with van der Waals surface area (Å²) in [4.78, 5) is 26.8. The number of methoxy groups -OCH3 is 1. The van der Waals surface area contributed by atoms with Crippen molar-refractivity contribution in [3.8, 4) is 5.75 Å². The topological polar surface area (TPSA) is 76.1 Å². The fourth-order valence-corrected chi connectivity index (χ4v) is 3.13. The average Bonchev–Trinajstić information content (AvgIpc) is 2.84. The van der Waals surface area contributed by atoms with E-state index in [0.717, 1.165) is 5.56 Å². The van der Waals surface area contributed by atoms with Crippen LogP contribution in [0.4, 0.5) is 0 Å². The van der Waals surface area contributed by atoms with Crippen LogP contribution in [0.15, 0.2) is 35.6 Å². The highest BCUT2D eigenvalue weighted by Gasteiger charge is 2.43. The van der Waals surface area contributed by atoms with Crippen molar-refractivity contribution >= 4 is 11.7 Å². The Morgan fingerprint density at radius 2 is 2.08 bits per heavy atom. The minimum atomic E-state index is -0.635. The van der Waals surface area contributed by atoms with E-state index in [0.29, 0.717) is 19.0 Å². The van der Waals surface area contributed by atoms with Crippen LogP contribution in [-0.2, 0) is 14.3 Å². The normalized spacial score (nSPS) is 17.3. The predicted octanol–water partition coefficient (Wildman–Crippen LogP) is 3.04. The second kappa shape index (κ2) is 8.85. The van der Waals surface area contributed by atoms with E-state index >= 15 is 0 Å². The van der Waals surface area contributed by atoms with E-state index < -0.39 is 17.7 Å². The van der Waals surface area contributed by atoms with Crippen molar-refractivity contribution in [3.05, 3.63) is 41.2 Å². The molecule has 6 nitrogen and oxygen atoms in total. The Morgan fingerprint density at radius 3 is 2.69 bits per heavy atom. The van der Waals surface area contributed by atoms with Crippen LogP contribution in [0.25, 0.3) is 0 Å². The van der Waals surface area contributed by atoms with E-state index in [2.05, 4.69) is 0 Å². The molecular formula is C20H27NO5. The van der Waals surface area contributed by atoms with Gasteiger partial charge < -0.3 is 19.5 Å². The van der Waals surface area contributed by atoms with Gasteiger partial charge in [0.05, 0.1) is 24.8 Å². The third kappa shape index (κ3) is 4.25. The first-order valence-electron chi connectivity index (χ1n) is 8.89. The molecule has 1 heterocycles. The van der Waals surface area contributed by atoms with E-state index in [-0.39, 0.29) is 30.2 Å². The van der Waals surface area contributed by atoms with Crippen molar-refractivity contribution in [2.45, 2.75) is 33.2 Å². The molecule has 0 bridgehead atoms. The van der Waals surface area contributed by atoms with Gasteiger partial charge in [-0.2, -0.15) is 0 Å². The van der Waals surface area contributed by atoms with Crippen molar-refractivity contribution < 1.29 is 24.2 Å². The summed E-state index contributed by atoms with van der Waals surface area (Å²) in [5.41, 5.74) is 0.894. The maximum absolute atomic E-state index is 12.8. The van der Waals surface area contributed by atoms with Gasteiger partial charge in [0.25, 0.3) is 5.91 Å². The smallest absolute Gasteiger partial charge is 0.290 e. The Labute approximate surface area is 154 Å². The molecule has 1 aromatic rings. The summed E-state index contributed by atoms with van der Waals surface area (Å²) in [6.45, 7) is 6.85. The first-order chi connectivity index (χ1) is 12.4. The Balaban J connectivity index is 2.47. The molecule has 2 rings (SSSR count). The second-order valence-corrected chi connectivity index (χ2v) is 6.68. The number of amides is 1. The van der Waals surface area contributed by atoms with Crippen LogP contribution in [0.5, 0.6) is 5.75 Å². The predicted molar refractivity (Wildman–Crippen MR) is 98.1 cm³/mol. The number of carbonyl (C=O) groups excluding carboxylic acids is 2. The number of ketones is 1. The first-order valence-corrected chi connectivity index (χ1v) is 8.89. The molecule has 0 aliphatic carbocycles. The summed E-state index contributed by atoms with van der Waals surface area (Å²) in [6.07, 6.45) is 0.270. The van der Waals surface area contributed by atoms with Gasteiger partial charge >= 0.3 is 0 Å². The van der Waals surface area contributed by atoms with E-state index in [1.165, 1.54) is 4.90 Å². The van der Waals surface area contributed by atoms with Gasteiger partial charge in [0, 0.05) is 20.1 Å². The molecule has 1 aromatic carbocycles. The van der Waals surface area contributed by atoms with Crippen LogP contribution in [0.1, 0.15) is 38.8 Å². The summed E-state index contributed by atoms with van der Waals surface area (Å²) >= 11 is 0. The summed E-state index contributed by atoms with van der Waals surface area (Å²) in [5, 5.41) is 10.4. The zero-order valence-corrected chi connectivity index (χ0v) is 15.8. The number of ether oxygens (including phenoxy) is 2. The number of benzene rings is 1. The number of hydrogen-bond donors (Lipinski definition) is 1. The molecule has 1 amide bonds. The highest BCUT2D eigenvalue weighted by atomic mass is 16.5. The summed E-state index contributed by atoms with van der Waals surface area (Å²) < 4.78 is 10.6. The molecule has 0 saturated carbocycles. The first kappa shape index (κ1) is 20.0. The molecule has 142 valence electrons. The number of Topliss-reactive ketones (excluding diaryl/α,β-unsaturated/α-hetero) is 1. The molecule has 0 spiro atoms. The molecule has 0 saturated heterocycles. The fraction of sp³-hybridized carbons (Fsp3) is 0.500. The van der Waals surface area contributed by atoms with Gasteiger partial charge in [-0.25, -0.2) is 0 Å². The lowest BCUT2D eigenvalue weighted by Gasteiger charge is -2.27. The molecule has 26 heavy (non-hydrogen) atoms. The van der Waals surface area contributed by atoms with E-state index in [9.17, 15) is 14.7 Å². The highest BCUT2D eigenvalue weighted by Crippen LogP contribution is 2.39. The van der Waals surface area contributed by atoms with Crippen LogP contribution in [-0.4, -0.2) is 48.6 Å². The van der Waals surface area contributed by atoms with Gasteiger partial charge in [-0.1, -0.05) is 26.0 Å². The molecule has 1 aliphatic heterocycles. The standard InChI is InChI=1S/C20H27NO5/c1-5-26-15-8-6-7-14(12-15)18-17(16(22)11-13(2)3)19(23)20(24)21(18)9-10-25-4/h6-8,12-13,18,23H,5,9-11H2,1-4H3. The molecule has 1 N–H and O–H groups in total. The highest BCUT2D eigenvalue weighted by molar-refractivity contribution is 6.09. The van der Waals surface area contributed by atoms with E-state index in [4.69, 9.17) is 9.47 Å². The number of aliphatic hydroxyl groups is 1. The van der Waals surface area contributed by atoms with Crippen molar-refractivity contribution in [1.82, 2.24) is 4.90 Å². The van der Waals surface area contributed by atoms with Crippen LogP contribution in [0, 0.1) is 5.92 Å². The number of nitrogens with zero attached hydrogens (tertiary/aromatic N) is 1. The van der Waals surface area contributed by atoms with Gasteiger partial charge in [-0.05, 0) is 30.5 Å². The molecule has 0 radical (unpaired) electrons. The zero-order valence-electron chi connectivity index (χ0n) is 15.8. The lowest BCUT2D eigenvalue weighted by Crippen LogP contribution is -2.34. The van der Waals surface area contributed by atoms with Gasteiger partial charge in [0.15, 0.2) is 11.5 Å². The van der Waals surface area contributed by atoms with E-state index in [1.54, 1.807) is 7.11 Å². The Hall–Kier alpha value is -2.34. The maximum atomic E-state index is 12.8. The summed E-state index contributed by atoms with van der Waals surface area (Å²) in [5.74, 6) is -0.426. The number of hydrogen-bond acceptors (Lipinski definition) is 5. The minimum absolute atomic E-state index is 0.126. The van der Waals surface area contributed by atoms with Gasteiger partial charge in [-0.15, -0.1) is 0 Å². The third-order valence-corrected chi connectivity index (χ3v) is 4.22. The summed E-state index contributed by atoms with van der Waals surface area (Å²) in [6, 6.07) is 6.65. The maximum Gasteiger partial charge on any atom is 0.290 e. The lowest BCUT2D eigenvalue weighted by atomic mass is 9.92. The van der Waals surface area contributed by atoms with Crippen molar-refractivity contribution in [2.24, 2.45) is 5.92 Å². The Kier molecular flexibility index (Phi) is 6.80. The number of rotatable bonds is 9. The monoisotopic (exact) mass is 361 g/mol. The van der Waals surface area contributed by atoms with Crippen LogP contribution < -0.4 is 4.74 Å². The Bertz CT molecular complexity index is 695. The number of aliphatic hydroxyl groups excluding tert-OH is 1. The summed E-state index contributed by atoms with van der Waals surface area (Å²) in [7, 11) is 1.55. The SMILES string of the molecule is CCOc1cccc(C2C(C(=O)CC(C)C)=C(O)C(=O)N2CCOC)c1. The fourth-order valence-electron chi connectivity index (χ4n) is 3.13. The molecule has 1 atom stereocenters. The quantitative estimate of drug-likeness (QED) is 0.732. The lowest BCUT2D eigenvalue weighted by molar-refractivity contribution is -0.130. The van der Waals surface area contributed by atoms with Crippen molar-refractivity contribution in [3.63, 3.8) is 0 Å². The van der Waals surface area contributed by atoms with Gasteiger partial charge in [0.1, 0.15) is 5.75 Å².